The van der Waals surface area contributed by atoms with Gasteiger partial charge in [-0.1, -0.05) is 12.1 Å². The lowest BCUT2D eigenvalue weighted by Crippen LogP contribution is -2.04. The first-order chi connectivity index (χ1) is 10.1. The van der Waals surface area contributed by atoms with Crippen LogP contribution in [0.3, 0.4) is 0 Å². The molecule has 21 heavy (non-hydrogen) atoms. The number of aryl methyl sites for hydroxylation is 1. The van der Waals surface area contributed by atoms with Gasteiger partial charge in [0.1, 0.15) is 11.8 Å². The zero-order valence-electron chi connectivity index (χ0n) is 11.7. The third-order valence-corrected chi connectivity index (χ3v) is 3.42. The van der Waals surface area contributed by atoms with Gasteiger partial charge in [0.05, 0.1) is 18.1 Å². The van der Waals surface area contributed by atoms with Crippen molar-refractivity contribution in [3.63, 3.8) is 0 Å². The molecule has 0 spiro atoms. The standard InChI is InChI=1S/C17H14O4/c1-10-3-5-12-16(7-10)21-9-13(17(12)19)11-4-6-15(20-2)14(18)8-11/h3-9,18H,1-2H3. The Morgan fingerprint density at radius 2 is 1.95 bits per heavy atom. The first-order valence-corrected chi connectivity index (χ1v) is 6.49. The van der Waals surface area contributed by atoms with Crippen molar-refractivity contribution in [1.82, 2.24) is 0 Å². The zero-order valence-corrected chi connectivity index (χ0v) is 11.7. The molecule has 3 rings (SSSR count). The van der Waals surface area contributed by atoms with Crippen LogP contribution in [0.4, 0.5) is 0 Å². The third-order valence-electron chi connectivity index (χ3n) is 3.42. The number of benzene rings is 2. The van der Waals surface area contributed by atoms with Gasteiger partial charge in [-0.2, -0.15) is 0 Å². The van der Waals surface area contributed by atoms with Gasteiger partial charge in [0.15, 0.2) is 16.9 Å². The summed E-state index contributed by atoms with van der Waals surface area (Å²) in [5.74, 6) is 0.345. The minimum atomic E-state index is -0.124. The second kappa shape index (κ2) is 4.98. The van der Waals surface area contributed by atoms with Crippen LogP contribution in [-0.2, 0) is 0 Å². The van der Waals surface area contributed by atoms with Gasteiger partial charge in [0.2, 0.25) is 0 Å². The molecule has 0 aliphatic heterocycles. The van der Waals surface area contributed by atoms with Crippen LogP contribution in [0.5, 0.6) is 11.5 Å². The van der Waals surface area contributed by atoms with Crippen molar-refractivity contribution in [3.8, 4) is 22.6 Å². The summed E-state index contributed by atoms with van der Waals surface area (Å²) in [5, 5.41) is 10.4. The summed E-state index contributed by atoms with van der Waals surface area (Å²) >= 11 is 0. The van der Waals surface area contributed by atoms with Crippen molar-refractivity contribution >= 4 is 11.0 Å². The van der Waals surface area contributed by atoms with E-state index in [-0.39, 0.29) is 11.2 Å². The van der Waals surface area contributed by atoms with E-state index in [1.807, 2.05) is 19.1 Å². The number of phenols is 1. The maximum atomic E-state index is 12.5. The number of methoxy groups -OCH3 is 1. The number of hydrogen-bond acceptors (Lipinski definition) is 4. The van der Waals surface area contributed by atoms with Gasteiger partial charge in [-0.25, -0.2) is 0 Å². The highest BCUT2D eigenvalue weighted by Crippen LogP contribution is 2.30. The van der Waals surface area contributed by atoms with Gasteiger partial charge in [0.25, 0.3) is 0 Å². The second-order valence-corrected chi connectivity index (χ2v) is 4.86. The van der Waals surface area contributed by atoms with Gasteiger partial charge in [-0.15, -0.1) is 0 Å². The third kappa shape index (κ3) is 2.25. The summed E-state index contributed by atoms with van der Waals surface area (Å²) < 4.78 is 10.5. The number of aromatic hydroxyl groups is 1. The molecule has 106 valence electrons. The minimum Gasteiger partial charge on any atom is -0.504 e. The van der Waals surface area contributed by atoms with Crippen LogP contribution < -0.4 is 10.2 Å². The lowest BCUT2D eigenvalue weighted by atomic mass is 10.0. The topological polar surface area (TPSA) is 59.7 Å². The summed E-state index contributed by atoms with van der Waals surface area (Å²) in [4.78, 5) is 12.5. The Morgan fingerprint density at radius 1 is 1.14 bits per heavy atom. The first kappa shape index (κ1) is 13.2. The quantitative estimate of drug-likeness (QED) is 0.781. The average Bonchev–Trinajstić information content (AvgIpc) is 2.47. The Hall–Kier alpha value is -2.75. The normalized spacial score (nSPS) is 10.8. The van der Waals surface area contributed by atoms with Crippen molar-refractivity contribution in [2.24, 2.45) is 0 Å². The first-order valence-electron chi connectivity index (χ1n) is 6.49. The maximum absolute atomic E-state index is 12.5. The van der Waals surface area contributed by atoms with Gasteiger partial charge < -0.3 is 14.3 Å². The van der Waals surface area contributed by atoms with E-state index in [4.69, 9.17) is 9.15 Å². The molecular formula is C17H14O4. The molecule has 0 amide bonds. The van der Waals surface area contributed by atoms with Crippen LogP contribution in [0, 0.1) is 6.92 Å². The highest BCUT2D eigenvalue weighted by Gasteiger charge is 2.11. The summed E-state index contributed by atoms with van der Waals surface area (Å²) in [5.41, 5.74) is 2.46. The number of rotatable bonds is 2. The molecule has 2 aromatic carbocycles. The van der Waals surface area contributed by atoms with E-state index in [0.29, 0.717) is 27.8 Å². The van der Waals surface area contributed by atoms with Crippen LogP contribution in [0.25, 0.3) is 22.1 Å². The van der Waals surface area contributed by atoms with E-state index in [1.54, 1.807) is 18.2 Å². The molecule has 0 aliphatic rings. The molecular weight excluding hydrogens is 268 g/mol. The SMILES string of the molecule is COc1ccc(-c2coc3cc(C)ccc3c2=O)cc1O. The average molecular weight is 282 g/mol. The van der Waals surface area contributed by atoms with E-state index >= 15 is 0 Å². The lowest BCUT2D eigenvalue weighted by Gasteiger charge is -2.06. The van der Waals surface area contributed by atoms with Crippen LogP contribution in [0.1, 0.15) is 5.56 Å². The highest BCUT2D eigenvalue weighted by atomic mass is 16.5. The molecule has 0 radical (unpaired) electrons. The highest BCUT2D eigenvalue weighted by molar-refractivity contribution is 5.82. The Kier molecular flexibility index (Phi) is 3.14. The Balaban J connectivity index is 2.21. The molecule has 3 aromatic rings. The smallest absolute Gasteiger partial charge is 0.200 e. The maximum Gasteiger partial charge on any atom is 0.200 e. The molecule has 0 atom stereocenters. The van der Waals surface area contributed by atoms with E-state index < -0.39 is 0 Å². The van der Waals surface area contributed by atoms with Crippen molar-refractivity contribution in [2.75, 3.05) is 7.11 Å². The number of fused-ring (bicyclic) bond motifs is 1. The molecule has 0 fully saturated rings. The second-order valence-electron chi connectivity index (χ2n) is 4.86. The fourth-order valence-corrected chi connectivity index (χ4v) is 2.29. The van der Waals surface area contributed by atoms with Crippen molar-refractivity contribution < 1.29 is 14.3 Å². The Bertz CT molecular complexity index is 878. The van der Waals surface area contributed by atoms with Crippen LogP contribution in [0.15, 0.2) is 51.9 Å². The van der Waals surface area contributed by atoms with Gasteiger partial charge in [-0.05, 0) is 42.3 Å². The fraction of sp³-hybridized carbons (Fsp3) is 0.118. The van der Waals surface area contributed by atoms with Crippen LogP contribution in [0.2, 0.25) is 0 Å². The lowest BCUT2D eigenvalue weighted by molar-refractivity contribution is 0.373. The summed E-state index contributed by atoms with van der Waals surface area (Å²) in [7, 11) is 1.47. The zero-order chi connectivity index (χ0) is 15.0. The molecule has 4 heteroatoms. The molecule has 0 saturated carbocycles. The number of hydrogen-bond donors (Lipinski definition) is 1. The molecule has 0 aliphatic carbocycles. The van der Waals surface area contributed by atoms with E-state index in [1.165, 1.54) is 19.4 Å². The number of ether oxygens (including phenoxy) is 1. The van der Waals surface area contributed by atoms with Crippen molar-refractivity contribution in [1.29, 1.82) is 0 Å². The summed E-state index contributed by atoms with van der Waals surface area (Å²) in [6, 6.07) is 10.3. The molecule has 1 N–H and O–H groups in total. The van der Waals surface area contributed by atoms with Crippen molar-refractivity contribution in [3.05, 3.63) is 58.4 Å². The predicted octanol–water partition coefficient (Wildman–Crippen LogP) is 3.48. The molecule has 4 nitrogen and oxygen atoms in total. The van der Waals surface area contributed by atoms with Crippen molar-refractivity contribution in [2.45, 2.75) is 6.92 Å². The minimum absolute atomic E-state index is 0.0154. The molecule has 1 heterocycles. The fourth-order valence-electron chi connectivity index (χ4n) is 2.29. The Labute approximate surface area is 121 Å². The number of phenolic OH excluding ortho intramolecular Hbond substituents is 1. The Morgan fingerprint density at radius 3 is 2.67 bits per heavy atom. The van der Waals surface area contributed by atoms with Crippen LogP contribution in [-0.4, -0.2) is 12.2 Å². The summed E-state index contributed by atoms with van der Waals surface area (Å²) in [6.45, 7) is 1.94. The molecule has 0 bridgehead atoms. The van der Waals surface area contributed by atoms with Gasteiger partial charge in [0, 0.05) is 0 Å². The molecule has 0 saturated heterocycles. The van der Waals surface area contributed by atoms with Crippen LogP contribution >= 0.6 is 0 Å². The predicted molar refractivity (Wildman–Crippen MR) is 80.9 cm³/mol. The van der Waals surface area contributed by atoms with Gasteiger partial charge in [-0.3, -0.25) is 4.79 Å². The van der Waals surface area contributed by atoms with E-state index in [9.17, 15) is 9.90 Å². The molecule has 1 aromatic heterocycles. The largest absolute Gasteiger partial charge is 0.504 e. The van der Waals surface area contributed by atoms with Gasteiger partial charge >= 0.3 is 0 Å². The summed E-state index contributed by atoms with van der Waals surface area (Å²) in [6.07, 6.45) is 1.42. The van der Waals surface area contributed by atoms with E-state index in [0.717, 1.165) is 5.56 Å². The monoisotopic (exact) mass is 282 g/mol. The van der Waals surface area contributed by atoms with E-state index in [2.05, 4.69) is 0 Å². The molecule has 0 unspecified atom stereocenters.